The van der Waals surface area contributed by atoms with Gasteiger partial charge in [-0.05, 0) is 62.3 Å². The van der Waals surface area contributed by atoms with E-state index < -0.39 is 6.10 Å². The molecule has 3 aromatic rings. The summed E-state index contributed by atoms with van der Waals surface area (Å²) < 4.78 is 7.98. The second-order valence-corrected chi connectivity index (χ2v) is 8.99. The van der Waals surface area contributed by atoms with Gasteiger partial charge in [0.1, 0.15) is 18.5 Å². The molecule has 0 amide bonds. The molecule has 0 radical (unpaired) electrons. The summed E-state index contributed by atoms with van der Waals surface area (Å²) in [6.07, 6.45) is 1.72. The van der Waals surface area contributed by atoms with Crippen LogP contribution in [-0.4, -0.2) is 47.3 Å². The van der Waals surface area contributed by atoms with Crippen LogP contribution in [-0.2, 0) is 0 Å². The standard InChI is InChI=1S/C21H23BrN2O2S/c22-16-5-7-18(8-6-16)26-14-17(25)13-24-11-9-15(10-12-24)21-23-19-3-1-2-4-20(19)27-21/h1-8,15,17,25H,9-14H2/t17-/m0/s1. The average Bonchev–Trinajstić information content (AvgIpc) is 3.12. The number of piperidine rings is 1. The number of aromatic nitrogens is 1. The fraction of sp³-hybridized carbons (Fsp3) is 0.381. The zero-order valence-corrected chi connectivity index (χ0v) is 17.5. The number of ether oxygens (including phenoxy) is 1. The van der Waals surface area contributed by atoms with Crippen LogP contribution >= 0.6 is 27.3 Å². The first-order chi connectivity index (χ1) is 13.2. The van der Waals surface area contributed by atoms with Gasteiger partial charge < -0.3 is 14.7 Å². The van der Waals surface area contributed by atoms with Gasteiger partial charge in [0.25, 0.3) is 0 Å². The van der Waals surface area contributed by atoms with E-state index in [2.05, 4.69) is 39.0 Å². The normalized spacial score (nSPS) is 17.3. The lowest BCUT2D eigenvalue weighted by atomic mass is 9.97. The van der Waals surface area contributed by atoms with E-state index in [1.807, 2.05) is 41.7 Å². The number of β-amino-alcohol motifs (C(OH)–C–C–N with tert-alkyl or cyclic N) is 1. The maximum absolute atomic E-state index is 10.3. The van der Waals surface area contributed by atoms with Crippen molar-refractivity contribution in [2.45, 2.75) is 24.9 Å². The van der Waals surface area contributed by atoms with Crippen molar-refractivity contribution in [1.29, 1.82) is 0 Å². The van der Waals surface area contributed by atoms with Gasteiger partial charge in [-0.3, -0.25) is 0 Å². The molecule has 1 fully saturated rings. The van der Waals surface area contributed by atoms with Crippen molar-refractivity contribution in [1.82, 2.24) is 9.88 Å². The summed E-state index contributed by atoms with van der Waals surface area (Å²) in [7, 11) is 0. The first kappa shape index (κ1) is 18.9. The minimum atomic E-state index is -0.479. The Morgan fingerprint density at radius 1 is 1.15 bits per heavy atom. The number of rotatable bonds is 6. The Balaban J connectivity index is 1.24. The summed E-state index contributed by atoms with van der Waals surface area (Å²) in [5.74, 6) is 1.32. The zero-order valence-electron chi connectivity index (χ0n) is 15.1. The molecule has 0 aliphatic carbocycles. The van der Waals surface area contributed by atoms with Gasteiger partial charge in [0.2, 0.25) is 0 Å². The fourth-order valence-electron chi connectivity index (χ4n) is 3.50. The van der Waals surface area contributed by atoms with Gasteiger partial charge in [0.15, 0.2) is 0 Å². The van der Waals surface area contributed by atoms with Crippen LogP contribution in [0.5, 0.6) is 5.75 Å². The molecule has 1 aliphatic heterocycles. The number of halogens is 1. The van der Waals surface area contributed by atoms with Crippen LogP contribution in [0.4, 0.5) is 0 Å². The molecule has 6 heteroatoms. The van der Waals surface area contributed by atoms with Gasteiger partial charge in [0, 0.05) is 16.9 Å². The molecule has 2 heterocycles. The second kappa shape index (κ2) is 8.69. The highest BCUT2D eigenvalue weighted by molar-refractivity contribution is 9.10. The number of fused-ring (bicyclic) bond motifs is 1. The average molecular weight is 447 g/mol. The molecule has 4 rings (SSSR count). The van der Waals surface area contributed by atoms with E-state index in [4.69, 9.17) is 9.72 Å². The minimum absolute atomic E-state index is 0.319. The predicted molar refractivity (Wildman–Crippen MR) is 114 cm³/mol. The van der Waals surface area contributed by atoms with Gasteiger partial charge in [-0.25, -0.2) is 4.98 Å². The van der Waals surface area contributed by atoms with Crippen LogP contribution in [0.1, 0.15) is 23.8 Å². The maximum Gasteiger partial charge on any atom is 0.119 e. The molecule has 27 heavy (non-hydrogen) atoms. The van der Waals surface area contributed by atoms with Crippen molar-refractivity contribution < 1.29 is 9.84 Å². The predicted octanol–water partition coefficient (Wildman–Crippen LogP) is 4.68. The lowest BCUT2D eigenvalue weighted by Crippen LogP contribution is -2.40. The van der Waals surface area contributed by atoms with E-state index in [0.717, 1.165) is 41.7 Å². The lowest BCUT2D eigenvalue weighted by molar-refractivity contribution is 0.0594. The van der Waals surface area contributed by atoms with Crippen molar-refractivity contribution in [3.05, 3.63) is 58.0 Å². The summed E-state index contributed by atoms with van der Waals surface area (Å²) in [4.78, 5) is 7.15. The van der Waals surface area contributed by atoms with Gasteiger partial charge in [0.05, 0.1) is 15.2 Å². The third kappa shape index (κ3) is 4.88. The number of aliphatic hydroxyl groups excluding tert-OH is 1. The summed E-state index contributed by atoms with van der Waals surface area (Å²) in [6, 6.07) is 16.0. The number of thiazole rings is 1. The van der Waals surface area contributed by atoms with E-state index in [1.165, 1.54) is 9.71 Å². The number of nitrogens with zero attached hydrogens (tertiary/aromatic N) is 2. The summed E-state index contributed by atoms with van der Waals surface area (Å²) in [6.45, 7) is 2.97. The van der Waals surface area contributed by atoms with Gasteiger partial charge in [-0.2, -0.15) is 0 Å². The second-order valence-electron chi connectivity index (χ2n) is 7.01. The Morgan fingerprint density at radius 3 is 2.63 bits per heavy atom. The maximum atomic E-state index is 10.3. The molecule has 142 valence electrons. The number of hydrogen-bond acceptors (Lipinski definition) is 5. The van der Waals surface area contributed by atoms with Crippen LogP contribution in [0.2, 0.25) is 0 Å². The van der Waals surface area contributed by atoms with E-state index in [1.54, 1.807) is 0 Å². The van der Waals surface area contributed by atoms with Crippen LogP contribution in [0, 0.1) is 0 Å². The van der Waals surface area contributed by atoms with Gasteiger partial charge >= 0.3 is 0 Å². The number of hydrogen-bond donors (Lipinski definition) is 1. The summed E-state index contributed by atoms with van der Waals surface area (Å²) in [5.41, 5.74) is 1.11. The van der Waals surface area contributed by atoms with E-state index in [0.29, 0.717) is 19.1 Å². The summed E-state index contributed by atoms with van der Waals surface area (Å²) in [5, 5.41) is 11.6. The lowest BCUT2D eigenvalue weighted by Gasteiger charge is -2.32. The van der Waals surface area contributed by atoms with Crippen molar-refractivity contribution in [2.24, 2.45) is 0 Å². The Morgan fingerprint density at radius 2 is 1.89 bits per heavy atom. The zero-order chi connectivity index (χ0) is 18.6. The molecule has 1 N–H and O–H groups in total. The number of likely N-dealkylation sites (tertiary alicyclic amines) is 1. The SMILES string of the molecule is O[C@H](COc1ccc(Br)cc1)CN1CCC(c2nc3ccccc3s2)CC1. The van der Waals surface area contributed by atoms with Gasteiger partial charge in [-0.1, -0.05) is 28.1 Å². The van der Waals surface area contributed by atoms with Crippen molar-refractivity contribution in [2.75, 3.05) is 26.2 Å². The summed E-state index contributed by atoms with van der Waals surface area (Å²) >= 11 is 5.23. The molecule has 0 bridgehead atoms. The van der Waals surface area contributed by atoms with E-state index in [9.17, 15) is 5.11 Å². The van der Waals surface area contributed by atoms with Crippen LogP contribution in [0.15, 0.2) is 53.0 Å². The van der Waals surface area contributed by atoms with Crippen molar-refractivity contribution >= 4 is 37.5 Å². The number of para-hydroxylation sites is 1. The van der Waals surface area contributed by atoms with E-state index >= 15 is 0 Å². The molecule has 1 atom stereocenters. The largest absolute Gasteiger partial charge is 0.491 e. The highest BCUT2D eigenvalue weighted by atomic mass is 79.9. The monoisotopic (exact) mass is 446 g/mol. The molecular weight excluding hydrogens is 424 g/mol. The van der Waals surface area contributed by atoms with Crippen molar-refractivity contribution in [3.63, 3.8) is 0 Å². The number of aliphatic hydroxyl groups is 1. The number of benzene rings is 2. The Labute approximate surface area is 171 Å². The Hall–Kier alpha value is -1.47. The molecule has 0 unspecified atom stereocenters. The topological polar surface area (TPSA) is 45.6 Å². The molecule has 0 spiro atoms. The fourth-order valence-corrected chi connectivity index (χ4v) is 4.90. The third-order valence-corrected chi connectivity index (χ3v) is 6.70. The van der Waals surface area contributed by atoms with E-state index in [-0.39, 0.29) is 0 Å². The smallest absolute Gasteiger partial charge is 0.119 e. The molecule has 1 saturated heterocycles. The first-order valence-electron chi connectivity index (χ1n) is 9.31. The van der Waals surface area contributed by atoms with Crippen LogP contribution < -0.4 is 4.74 Å². The quantitative estimate of drug-likeness (QED) is 0.596. The first-order valence-corrected chi connectivity index (χ1v) is 10.9. The molecule has 2 aromatic carbocycles. The third-order valence-electron chi connectivity index (χ3n) is 4.97. The molecular formula is C21H23BrN2O2S. The Bertz CT molecular complexity index is 842. The Kier molecular flexibility index (Phi) is 6.08. The molecule has 4 nitrogen and oxygen atoms in total. The highest BCUT2D eigenvalue weighted by Crippen LogP contribution is 2.33. The van der Waals surface area contributed by atoms with Crippen molar-refractivity contribution in [3.8, 4) is 5.75 Å². The highest BCUT2D eigenvalue weighted by Gasteiger charge is 2.24. The minimum Gasteiger partial charge on any atom is -0.491 e. The van der Waals surface area contributed by atoms with Crippen LogP contribution in [0.3, 0.4) is 0 Å². The molecule has 1 aliphatic rings. The molecule has 1 aromatic heterocycles. The van der Waals surface area contributed by atoms with Gasteiger partial charge in [-0.15, -0.1) is 11.3 Å². The van der Waals surface area contributed by atoms with Crippen LogP contribution in [0.25, 0.3) is 10.2 Å². The molecule has 0 saturated carbocycles.